The average molecular weight is 254 g/mol. The molecule has 0 atom stereocenters. The smallest absolute Gasteiger partial charge is 0.374 e. The van der Waals surface area contributed by atoms with Crippen LogP contribution in [0.2, 0.25) is 0 Å². The first-order valence-electron chi connectivity index (χ1n) is 4.60. The predicted octanol–water partition coefficient (Wildman–Crippen LogP) is 0.513. The van der Waals surface area contributed by atoms with Gasteiger partial charge in [-0.3, -0.25) is 9.59 Å². The molecule has 0 saturated carbocycles. The van der Waals surface area contributed by atoms with Crippen molar-refractivity contribution in [3.8, 4) is 0 Å². The van der Waals surface area contributed by atoms with E-state index in [2.05, 4.69) is 14.7 Å². The Balaban J connectivity index is 2.76. The molecule has 1 rings (SSSR count). The van der Waals surface area contributed by atoms with Crippen molar-refractivity contribution in [1.29, 1.82) is 0 Å². The van der Waals surface area contributed by atoms with Gasteiger partial charge in [-0.05, 0) is 12.3 Å². The number of ether oxygens (including phenoxy) is 1. The van der Waals surface area contributed by atoms with Gasteiger partial charge >= 0.3 is 5.97 Å². The lowest BCUT2D eigenvalue weighted by Crippen LogP contribution is -2.19. The first-order chi connectivity index (χ1) is 8.08. The van der Waals surface area contributed by atoms with Crippen molar-refractivity contribution in [2.24, 2.45) is 0 Å². The molecule has 0 fully saturated rings. The lowest BCUT2D eigenvalue weighted by molar-refractivity contribution is -0.151. The Bertz CT molecular complexity index is 461. The second-order valence-corrected chi connectivity index (χ2v) is 3.72. The number of carbonyl (C=O) groups excluding carboxylic acids is 3. The van der Waals surface area contributed by atoms with Gasteiger partial charge in [0.25, 0.3) is 0 Å². The highest BCUT2D eigenvalue weighted by Crippen LogP contribution is 2.09. The second-order valence-electron chi connectivity index (χ2n) is 2.94. The molecule has 0 unspecified atom stereocenters. The van der Waals surface area contributed by atoms with Crippen molar-refractivity contribution in [2.75, 3.05) is 13.4 Å². The maximum Gasteiger partial charge on any atom is 0.374 e. The fourth-order valence-corrected chi connectivity index (χ4v) is 1.37. The number of methoxy groups -OCH3 is 1. The minimum atomic E-state index is -1.03. The topological polar surface area (TPSA) is 86.2 Å². The van der Waals surface area contributed by atoms with Gasteiger partial charge in [-0.25, -0.2) is 14.8 Å². The predicted molar refractivity (Wildman–Crippen MR) is 59.8 cm³/mol. The molecular formula is C10H10N2O4S. The van der Waals surface area contributed by atoms with E-state index in [1.807, 2.05) is 0 Å². The van der Waals surface area contributed by atoms with E-state index in [-0.39, 0.29) is 5.69 Å². The van der Waals surface area contributed by atoms with Gasteiger partial charge < -0.3 is 4.74 Å². The van der Waals surface area contributed by atoms with Crippen molar-refractivity contribution in [3.05, 3.63) is 18.0 Å². The Morgan fingerprint density at radius 3 is 2.71 bits per heavy atom. The van der Waals surface area contributed by atoms with Crippen molar-refractivity contribution < 1.29 is 19.1 Å². The average Bonchev–Trinajstić information content (AvgIpc) is 2.37. The van der Waals surface area contributed by atoms with Crippen LogP contribution < -0.4 is 0 Å². The zero-order valence-electron chi connectivity index (χ0n) is 9.30. The third kappa shape index (κ3) is 3.63. The van der Waals surface area contributed by atoms with Crippen LogP contribution in [0.5, 0.6) is 0 Å². The van der Waals surface area contributed by atoms with Crippen molar-refractivity contribution >= 4 is 29.3 Å². The summed E-state index contributed by atoms with van der Waals surface area (Å²) in [6.07, 6.45) is 2.65. The highest BCUT2D eigenvalue weighted by Gasteiger charge is 2.20. The van der Waals surface area contributed by atoms with Crippen LogP contribution in [0.15, 0.2) is 17.4 Å². The van der Waals surface area contributed by atoms with Gasteiger partial charge in [-0.1, -0.05) is 11.8 Å². The molecule has 90 valence electrons. The molecule has 1 heterocycles. The van der Waals surface area contributed by atoms with Crippen molar-refractivity contribution in [2.45, 2.75) is 11.6 Å². The zero-order chi connectivity index (χ0) is 12.8. The normalized spacial score (nSPS) is 9.76. The molecule has 1 aromatic heterocycles. The number of rotatable bonds is 5. The third-order valence-electron chi connectivity index (χ3n) is 1.84. The standard InChI is InChI=1S/C10H10N2O4S/c1-16-9(15)8(14)5-7(13)6-3-4-11-10(12-6)17-2/h3-4H,5H2,1-2H3. The molecule has 0 amide bonds. The molecule has 1 aromatic rings. The van der Waals surface area contributed by atoms with Gasteiger partial charge in [0.05, 0.1) is 13.5 Å². The number of esters is 1. The van der Waals surface area contributed by atoms with Crippen LogP contribution in [0.1, 0.15) is 16.9 Å². The van der Waals surface area contributed by atoms with Gasteiger partial charge in [-0.2, -0.15) is 0 Å². The van der Waals surface area contributed by atoms with E-state index in [1.165, 1.54) is 24.0 Å². The van der Waals surface area contributed by atoms with Crippen LogP contribution in [0, 0.1) is 0 Å². The van der Waals surface area contributed by atoms with Gasteiger partial charge in [0, 0.05) is 6.20 Å². The van der Waals surface area contributed by atoms with E-state index in [0.717, 1.165) is 7.11 Å². The molecule has 17 heavy (non-hydrogen) atoms. The number of nitrogens with zero attached hydrogens (tertiary/aromatic N) is 2. The van der Waals surface area contributed by atoms with Gasteiger partial charge in [0.15, 0.2) is 10.9 Å². The van der Waals surface area contributed by atoms with Gasteiger partial charge in [-0.15, -0.1) is 0 Å². The van der Waals surface area contributed by atoms with Crippen LogP contribution in [-0.2, 0) is 14.3 Å². The lowest BCUT2D eigenvalue weighted by atomic mass is 10.1. The highest BCUT2D eigenvalue weighted by molar-refractivity contribution is 7.98. The molecule has 0 bridgehead atoms. The molecule has 0 aliphatic rings. The number of hydrogen-bond donors (Lipinski definition) is 0. The SMILES string of the molecule is COC(=O)C(=O)CC(=O)c1ccnc(SC)n1. The summed E-state index contributed by atoms with van der Waals surface area (Å²) in [5.74, 6) is -2.45. The van der Waals surface area contributed by atoms with Gasteiger partial charge in [0.2, 0.25) is 5.78 Å². The molecular weight excluding hydrogens is 244 g/mol. The van der Waals surface area contributed by atoms with Crippen LogP contribution in [0.4, 0.5) is 0 Å². The molecule has 6 nitrogen and oxygen atoms in total. The van der Waals surface area contributed by atoms with E-state index in [1.54, 1.807) is 6.26 Å². The molecule has 0 aliphatic carbocycles. The number of aromatic nitrogens is 2. The minimum Gasteiger partial charge on any atom is -0.463 e. The number of carbonyl (C=O) groups is 3. The molecule has 0 saturated heterocycles. The van der Waals surface area contributed by atoms with Crippen LogP contribution >= 0.6 is 11.8 Å². The first-order valence-corrected chi connectivity index (χ1v) is 5.82. The fraction of sp³-hybridized carbons (Fsp3) is 0.300. The number of Topliss-reactive ketones (excluding diaryl/α,β-unsaturated/α-hetero) is 2. The summed E-state index contributed by atoms with van der Waals surface area (Å²) in [4.78, 5) is 41.4. The maximum absolute atomic E-state index is 11.6. The summed E-state index contributed by atoms with van der Waals surface area (Å²) in [6, 6.07) is 1.40. The number of thioether (sulfide) groups is 1. The molecule has 0 spiro atoms. The summed E-state index contributed by atoms with van der Waals surface area (Å²) >= 11 is 1.28. The van der Waals surface area contributed by atoms with Crippen LogP contribution in [0.3, 0.4) is 0 Å². The second kappa shape index (κ2) is 6.09. The number of ketones is 2. The monoisotopic (exact) mass is 254 g/mol. The van der Waals surface area contributed by atoms with Gasteiger partial charge in [0.1, 0.15) is 5.69 Å². The Kier molecular flexibility index (Phi) is 4.77. The lowest BCUT2D eigenvalue weighted by Gasteiger charge is -2.00. The Morgan fingerprint density at radius 2 is 2.12 bits per heavy atom. The maximum atomic E-state index is 11.6. The van der Waals surface area contributed by atoms with E-state index in [9.17, 15) is 14.4 Å². The molecule has 0 radical (unpaired) electrons. The highest BCUT2D eigenvalue weighted by atomic mass is 32.2. The molecule has 0 aromatic carbocycles. The molecule has 0 N–H and O–H groups in total. The molecule has 7 heteroatoms. The van der Waals surface area contributed by atoms with Crippen LogP contribution in [0.25, 0.3) is 0 Å². The Morgan fingerprint density at radius 1 is 1.41 bits per heavy atom. The fourth-order valence-electron chi connectivity index (χ4n) is 1.02. The third-order valence-corrected chi connectivity index (χ3v) is 2.40. The number of hydrogen-bond acceptors (Lipinski definition) is 7. The minimum absolute atomic E-state index is 0.113. The summed E-state index contributed by atoms with van der Waals surface area (Å²) in [5, 5.41) is 0.432. The largest absolute Gasteiger partial charge is 0.463 e. The summed E-state index contributed by atoms with van der Waals surface area (Å²) in [5.41, 5.74) is 0.113. The Labute approximate surface area is 102 Å². The summed E-state index contributed by atoms with van der Waals surface area (Å²) < 4.78 is 4.22. The Hall–Kier alpha value is -1.76. The molecule has 0 aliphatic heterocycles. The van der Waals surface area contributed by atoms with Crippen molar-refractivity contribution in [1.82, 2.24) is 9.97 Å². The van der Waals surface area contributed by atoms with E-state index in [4.69, 9.17) is 0 Å². The zero-order valence-corrected chi connectivity index (χ0v) is 10.1. The van der Waals surface area contributed by atoms with E-state index < -0.39 is 24.0 Å². The summed E-state index contributed by atoms with van der Waals surface area (Å²) in [7, 11) is 1.08. The first kappa shape index (κ1) is 13.3. The van der Waals surface area contributed by atoms with E-state index in [0.29, 0.717) is 5.16 Å². The van der Waals surface area contributed by atoms with Crippen LogP contribution in [-0.4, -0.2) is 40.9 Å². The van der Waals surface area contributed by atoms with Crippen molar-refractivity contribution in [3.63, 3.8) is 0 Å². The summed E-state index contributed by atoms with van der Waals surface area (Å²) in [6.45, 7) is 0. The quantitative estimate of drug-likeness (QED) is 0.189. The van der Waals surface area contributed by atoms with E-state index >= 15 is 0 Å².